The van der Waals surface area contributed by atoms with E-state index in [1.807, 2.05) is 55.6 Å². The zero-order valence-electron chi connectivity index (χ0n) is 20.3. The smallest absolute Gasteiger partial charge is 0.338 e. The molecular weight excluding hydrogens is 458 g/mol. The summed E-state index contributed by atoms with van der Waals surface area (Å²) in [7, 11) is 0. The fourth-order valence-corrected chi connectivity index (χ4v) is 5.94. The molecule has 2 aliphatic heterocycles. The number of allylic oxidation sites excluding steroid dienone is 1. The summed E-state index contributed by atoms with van der Waals surface area (Å²) >= 11 is 1.47. The highest BCUT2D eigenvalue weighted by molar-refractivity contribution is 8.05. The molecule has 35 heavy (non-hydrogen) atoms. The van der Waals surface area contributed by atoms with Crippen LogP contribution in [0, 0.1) is 0 Å². The molecule has 7 heteroatoms. The zero-order valence-corrected chi connectivity index (χ0v) is 21.1. The molecule has 2 atom stereocenters. The van der Waals surface area contributed by atoms with Gasteiger partial charge in [0.05, 0.1) is 23.1 Å². The number of benzene rings is 2. The SMILES string of the molecule is CCOC(=O)C1=C(C)NC2S/C(=C\c3c[nH]c4ccccc34)C(=O)N2C1c1ccc(C(C)C)cc1. The van der Waals surface area contributed by atoms with Crippen LogP contribution < -0.4 is 5.32 Å². The van der Waals surface area contributed by atoms with Gasteiger partial charge in [-0.3, -0.25) is 9.69 Å². The molecule has 0 saturated carbocycles. The van der Waals surface area contributed by atoms with Crippen molar-refractivity contribution in [3.05, 3.63) is 87.6 Å². The molecule has 2 N–H and O–H groups in total. The molecule has 1 fully saturated rings. The Morgan fingerprint density at radius 2 is 1.91 bits per heavy atom. The number of H-pyrrole nitrogens is 1. The van der Waals surface area contributed by atoms with Crippen LogP contribution in [0.2, 0.25) is 0 Å². The van der Waals surface area contributed by atoms with Gasteiger partial charge in [-0.2, -0.15) is 0 Å². The minimum Gasteiger partial charge on any atom is -0.463 e. The number of fused-ring (bicyclic) bond motifs is 2. The van der Waals surface area contributed by atoms with Gasteiger partial charge in [0.15, 0.2) is 5.50 Å². The first kappa shape index (κ1) is 23.3. The summed E-state index contributed by atoms with van der Waals surface area (Å²) in [5.41, 5.74) is 4.98. The van der Waals surface area contributed by atoms with Crippen LogP contribution >= 0.6 is 11.8 Å². The van der Waals surface area contributed by atoms with Crippen molar-refractivity contribution < 1.29 is 14.3 Å². The van der Waals surface area contributed by atoms with Gasteiger partial charge in [0, 0.05) is 28.4 Å². The van der Waals surface area contributed by atoms with Crippen LogP contribution in [0.4, 0.5) is 0 Å². The maximum absolute atomic E-state index is 13.8. The number of carbonyl (C=O) groups is 2. The molecule has 1 saturated heterocycles. The summed E-state index contributed by atoms with van der Waals surface area (Å²) in [5, 5.41) is 4.44. The summed E-state index contributed by atoms with van der Waals surface area (Å²) in [6.45, 7) is 8.23. The molecule has 1 aromatic heterocycles. The Kier molecular flexibility index (Phi) is 6.19. The molecule has 5 rings (SSSR count). The lowest BCUT2D eigenvalue weighted by molar-refractivity contribution is -0.140. The van der Waals surface area contributed by atoms with Crippen LogP contribution in [0.15, 0.2) is 70.9 Å². The van der Waals surface area contributed by atoms with E-state index in [0.29, 0.717) is 16.4 Å². The van der Waals surface area contributed by atoms with Gasteiger partial charge in [0.1, 0.15) is 0 Å². The van der Waals surface area contributed by atoms with Gasteiger partial charge in [-0.25, -0.2) is 4.79 Å². The Labute approximate surface area is 209 Å². The molecule has 0 spiro atoms. The summed E-state index contributed by atoms with van der Waals surface area (Å²) in [6.07, 6.45) is 3.86. The van der Waals surface area contributed by atoms with E-state index < -0.39 is 12.0 Å². The Morgan fingerprint density at radius 3 is 2.63 bits per heavy atom. The monoisotopic (exact) mass is 487 g/mol. The number of esters is 1. The van der Waals surface area contributed by atoms with E-state index in [1.165, 1.54) is 17.3 Å². The largest absolute Gasteiger partial charge is 0.463 e. The molecule has 0 aliphatic carbocycles. The summed E-state index contributed by atoms with van der Waals surface area (Å²) in [4.78, 5) is 32.5. The highest BCUT2D eigenvalue weighted by Crippen LogP contribution is 2.46. The van der Waals surface area contributed by atoms with Gasteiger partial charge < -0.3 is 15.0 Å². The maximum atomic E-state index is 13.8. The predicted molar refractivity (Wildman–Crippen MR) is 140 cm³/mol. The first-order valence-corrected chi connectivity index (χ1v) is 12.8. The normalized spacial score (nSPS) is 21.1. The van der Waals surface area contributed by atoms with Crippen LogP contribution in [0.3, 0.4) is 0 Å². The number of aromatic nitrogens is 1. The number of amides is 1. The Bertz CT molecular complexity index is 1350. The highest BCUT2D eigenvalue weighted by atomic mass is 32.2. The van der Waals surface area contributed by atoms with E-state index in [-0.39, 0.29) is 18.0 Å². The average molecular weight is 488 g/mol. The summed E-state index contributed by atoms with van der Waals surface area (Å²) < 4.78 is 5.41. The van der Waals surface area contributed by atoms with Gasteiger partial charge >= 0.3 is 5.97 Å². The number of thioether (sulfide) groups is 1. The van der Waals surface area contributed by atoms with E-state index in [2.05, 4.69) is 36.3 Å². The third-order valence-electron chi connectivity index (χ3n) is 6.55. The number of para-hydroxylation sites is 1. The molecule has 2 aliphatic rings. The van der Waals surface area contributed by atoms with Crippen LogP contribution in [-0.2, 0) is 14.3 Å². The molecule has 3 heterocycles. The average Bonchev–Trinajstić information content (AvgIpc) is 3.39. The molecule has 0 bridgehead atoms. The summed E-state index contributed by atoms with van der Waals surface area (Å²) in [6, 6.07) is 15.7. The topological polar surface area (TPSA) is 74.4 Å². The Morgan fingerprint density at radius 1 is 1.17 bits per heavy atom. The van der Waals surface area contributed by atoms with Crippen molar-refractivity contribution >= 4 is 40.6 Å². The number of nitrogens with zero attached hydrogens (tertiary/aromatic N) is 1. The molecule has 180 valence electrons. The van der Waals surface area contributed by atoms with Gasteiger partial charge in [-0.15, -0.1) is 0 Å². The number of ether oxygens (including phenoxy) is 1. The second-order valence-corrected chi connectivity index (χ2v) is 10.2. The number of nitrogens with one attached hydrogen (secondary N) is 2. The molecule has 1 amide bonds. The Balaban J connectivity index is 1.57. The first-order chi connectivity index (χ1) is 16.9. The zero-order chi connectivity index (χ0) is 24.7. The van der Waals surface area contributed by atoms with Crippen molar-refractivity contribution in [1.29, 1.82) is 0 Å². The fraction of sp³-hybridized carbons (Fsp3) is 0.286. The first-order valence-electron chi connectivity index (χ1n) is 11.9. The second kappa shape index (κ2) is 9.30. The van der Waals surface area contributed by atoms with E-state index >= 15 is 0 Å². The lowest BCUT2D eigenvalue weighted by Gasteiger charge is -2.39. The predicted octanol–water partition coefficient (Wildman–Crippen LogP) is 5.67. The van der Waals surface area contributed by atoms with Crippen LogP contribution in [0.5, 0.6) is 0 Å². The Hall–Kier alpha value is -3.45. The van der Waals surface area contributed by atoms with E-state index in [0.717, 1.165) is 27.7 Å². The minimum absolute atomic E-state index is 0.106. The van der Waals surface area contributed by atoms with Crippen molar-refractivity contribution in [3.63, 3.8) is 0 Å². The van der Waals surface area contributed by atoms with Crippen LogP contribution in [0.1, 0.15) is 56.3 Å². The van der Waals surface area contributed by atoms with E-state index in [9.17, 15) is 9.59 Å². The molecule has 0 radical (unpaired) electrons. The van der Waals surface area contributed by atoms with Crippen molar-refractivity contribution in [3.8, 4) is 0 Å². The van der Waals surface area contributed by atoms with Crippen LogP contribution in [-0.4, -0.2) is 33.9 Å². The quantitative estimate of drug-likeness (QED) is 0.358. The number of hydrogen-bond donors (Lipinski definition) is 2. The van der Waals surface area contributed by atoms with Gasteiger partial charge in [0.25, 0.3) is 5.91 Å². The second-order valence-electron chi connectivity index (χ2n) is 9.11. The van der Waals surface area contributed by atoms with Gasteiger partial charge in [0.2, 0.25) is 0 Å². The molecule has 3 aromatic rings. The third-order valence-corrected chi connectivity index (χ3v) is 7.67. The molecule has 2 unspecified atom stereocenters. The van der Waals surface area contributed by atoms with Crippen molar-refractivity contribution in [1.82, 2.24) is 15.2 Å². The van der Waals surface area contributed by atoms with Gasteiger partial charge in [-0.05, 0) is 43.0 Å². The maximum Gasteiger partial charge on any atom is 0.338 e. The number of aromatic amines is 1. The molecule has 2 aromatic carbocycles. The molecular formula is C28H29N3O3S. The van der Waals surface area contributed by atoms with E-state index in [4.69, 9.17) is 4.74 Å². The van der Waals surface area contributed by atoms with Crippen LogP contribution in [0.25, 0.3) is 17.0 Å². The minimum atomic E-state index is -0.532. The highest BCUT2D eigenvalue weighted by Gasteiger charge is 2.47. The lowest BCUT2D eigenvalue weighted by Crippen LogP contribution is -2.49. The third kappa shape index (κ3) is 4.14. The number of rotatable bonds is 5. The molecule has 6 nitrogen and oxygen atoms in total. The van der Waals surface area contributed by atoms with Crippen molar-refractivity contribution in [2.75, 3.05) is 6.61 Å². The van der Waals surface area contributed by atoms with Crippen molar-refractivity contribution in [2.45, 2.75) is 45.2 Å². The van der Waals surface area contributed by atoms with Crippen molar-refractivity contribution in [2.24, 2.45) is 0 Å². The fourth-order valence-electron chi connectivity index (χ4n) is 4.73. The number of hydrogen-bond acceptors (Lipinski definition) is 5. The standard InChI is InChI=1S/C28H29N3O3S/c1-5-34-27(33)24-17(4)30-28-31(25(24)19-12-10-18(11-13-19)16(2)3)26(32)23(35-28)14-20-15-29-22-9-7-6-8-21(20)22/h6-16,25,28-30H,5H2,1-4H3/b23-14-. The lowest BCUT2D eigenvalue weighted by atomic mass is 9.91. The van der Waals surface area contributed by atoms with E-state index in [1.54, 1.807) is 11.8 Å². The number of carbonyl (C=O) groups excluding carboxylic acids is 2. The van der Waals surface area contributed by atoms with Gasteiger partial charge in [-0.1, -0.05) is 68.1 Å². The summed E-state index contributed by atoms with van der Waals surface area (Å²) in [5.74, 6) is -0.118.